The minimum absolute atomic E-state index is 0.0874. The molecule has 1 unspecified atom stereocenters. The van der Waals surface area contributed by atoms with Crippen LogP contribution >= 0.6 is 0 Å². The molecule has 0 radical (unpaired) electrons. The maximum Gasteiger partial charge on any atom is 0.274 e. The molecule has 1 N–H and O–H groups in total. The Kier molecular flexibility index (Phi) is 3.56. The first-order valence-electron chi connectivity index (χ1n) is 6.05. The van der Waals surface area contributed by atoms with Crippen molar-refractivity contribution in [3.8, 4) is 0 Å². The molecular weight excluding hydrogens is 218 g/mol. The second kappa shape index (κ2) is 5.12. The number of hydrogen-bond donors (Lipinski definition) is 1. The summed E-state index contributed by atoms with van der Waals surface area (Å²) in [5.41, 5.74) is 0.0313. The molecule has 1 amide bonds. The Bertz CT molecular complexity index is 435. The maximum absolute atomic E-state index is 12.2. The summed E-state index contributed by atoms with van der Waals surface area (Å²) in [6, 6.07) is 3.07. The van der Waals surface area contributed by atoms with Crippen LogP contribution in [0.2, 0.25) is 0 Å². The molecule has 0 aromatic carbocycles. The molecule has 1 fully saturated rings. The van der Waals surface area contributed by atoms with Crippen molar-refractivity contribution in [1.82, 2.24) is 15.1 Å². The highest BCUT2D eigenvalue weighted by Crippen LogP contribution is 2.17. The van der Waals surface area contributed by atoms with E-state index in [4.69, 9.17) is 0 Å². The predicted octanol–water partition coefficient (Wildman–Crippen LogP) is 1.17. The second-order valence-electron chi connectivity index (χ2n) is 4.50. The first-order chi connectivity index (χ1) is 8.18. The number of aromatic amines is 1. The van der Waals surface area contributed by atoms with Crippen molar-refractivity contribution in [2.24, 2.45) is 0 Å². The molecule has 92 valence electrons. The van der Waals surface area contributed by atoms with E-state index in [1.165, 1.54) is 25.0 Å². The lowest BCUT2D eigenvalue weighted by molar-refractivity contribution is 0.0690. The fourth-order valence-corrected chi connectivity index (χ4v) is 2.19. The van der Waals surface area contributed by atoms with E-state index in [1.807, 2.05) is 4.90 Å². The van der Waals surface area contributed by atoms with E-state index in [-0.39, 0.29) is 17.5 Å². The van der Waals surface area contributed by atoms with Crippen LogP contribution in [0.5, 0.6) is 0 Å². The maximum atomic E-state index is 12.2. The third-order valence-corrected chi connectivity index (χ3v) is 3.21. The quantitative estimate of drug-likeness (QED) is 0.794. The summed E-state index contributed by atoms with van der Waals surface area (Å²) in [5, 5.41) is 6.09. The molecule has 1 aromatic heterocycles. The third-order valence-electron chi connectivity index (χ3n) is 3.21. The van der Waals surface area contributed by atoms with Gasteiger partial charge in [-0.25, -0.2) is 5.10 Å². The molecule has 5 heteroatoms. The zero-order valence-corrected chi connectivity index (χ0v) is 9.98. The molecule has 1 atom stereocenters. The molecule has 0 bridgehead atoms. The molecule has 1 aromatic rings. The largest absolute Gasteiger partial charge is 0.335 e. The van der Waals surface area contributed by atoms with Gasteiger partial charge in [0, 0.05) is 18.7 Å². The number of likely N-dealkylation sites (tertiary alicyclic amines) is 1. The molecule has 1 aliphatic rings. The van der Waals surface area contributed by atoms with Gasteiger partial charge in [-0.15, -0.1) is 0 Å². The Hall–Kier alpha value is -1.65. The standard InChI is InChI=1S/C12H17N3O2/c1-9-5-3-2-4-8-15(9)12(17)10-6-7-11(16)14-13-10/h6-7,9H,2-5,8H2,1H3,(H,14,16). The number of aromatic nitrogens is 2. The van der Waals surface area contributed by atoms with Crippen LogP contribution in [-0.4, -0.2) is 33.6 Å². The summed E-state index contributed by atoms with van der Waals surface area (Å²) < 4.78 is 0. The highest BCUT2D eigenvalue weighted by molar-refractivity contribution is 5.92. The third kappa shape index (κ3) is 2.72. The molecule has 0 aliphatic carbocycles. The molecule has 1 aliphatic heterocycles. The summed E-state index contributed by atoms with van der Waals surface area (Å²) in [5.74, 6) is -0.0874. The van der Waals surface area contributed by atoms with Gasteiger partial charge in [-0.3, -0.25) is 9.59 Å². The number of rotatable bonds is 1. The highest BCUT2D eigenvalue weighted by Gasteiger charge is 2.23. The fraction of sp³-hybridized carbons (Fsp3) is 0.583. The Morgan fingerprint density at radius 3 is 2.94 bits per heavy atom. The van der Waals surface area contributed by atoms with Gasteiger partial charge in [0.15, 0.2) is 0 Å². The monoisotopic (exact) mass is 235 g/mol. The average Bonchev–Trinajstić information content (AvgIpc) is 2.54. The average molecular weight is 235 g/mol. The normalized spacial score (nSPS) is 21.0. The fourth-order valence-electron chi connectivity index (χ4n) is 2.19. The topological polar surface area (TPSA) is 66.1 Å². The van der Waals surface area contributed by atoms with Crippen molar-refractivity contribution in [3.63, 3.8) is 0 Å². The Morgan fingerprint density at radius 2 is 2.24 bits per heavy atom. The zero-order valence-electron chi connectivity index (χ0n) is 9.98. The number of H-pyrrole nitrogens is 1. The minimum Gasteiger partial charge on any atom is -0.335 e. The summed E-state index contributed by atoms with van der Waals surface area (Å²) in [7, 11) is 0. The molecule has 17 heavy (non-hydrogen) atoms. The van der Waals surface area contributed by atoms with Crippen molar-refractivity contribution >= 4 is 5.91 Å². The van der Waals surface area contributed by atoms with E-state index in [2.05, 4.69) is 17.1 Å². The van der Waals surface area contributed by atoms with E-state index >= 15 is 0 Å². The molecular formula is C12H17N3O2. The predicted molar refractivity (Wildman–Crippen MR) is 63.8 cm³/mol. The zero-order chi connectivity index (χ0) is 12.3. The lowest BCUT2D eigenvalue weighted by atomic mass is 10.1. The van der Waals surface area contributed by atoms with Crippen molar-refractivity contribution in [2.75, 3.05) is 6.54 Å². The van der Waals surface area contributed by atoms with Crippen molar-refractivity contribution in [1.29, 1.82) is 0 Å². The highest BCUT2D eigenvalue weighted by atomic mass is 16.2. The van der Waals surface area contributed by atoms with Gasteiger partial charge in [0.2, 0.25) is 0 Å². The van der Waals surface area contributed by atoms with Crippen LogP contribution < -0.4 is 5.56 Å². The molecule has 0 saturated carbocycles. The van der Waals surface area contributed by atoms with Crippen LogP contribution in [0.25, 0.3) is 0 Å². The molecule has 0 spiro atoms. The lowest BCUT2D eigenvalue weighted by Crippen LogP contribution is -2.39. The number of carbonyl (C=O) groups is 1. The van der Waals surface area contributed by atoms with Gasteiger partial charge in [0.1, 0.15) is 5.69 Å². The Labute approximate surface area is 99.8 Å². The SMILES string of the molecule is CC1CCCCCN1C(=O)c1ccc(=O)[nH]n1. The van der Waals surface area contributed by atoms with E-state index in [1.54, 1.807) is 0 Å². The van der Waals surface area contributed by atoms with Crippen molar-refractivity contribution in [3.05, 3.63) is 28.2 Å². The van der Waals surface area contributed by atoms with Crippen molar-refractivity contribution < 1.29 is 4.79 Å². The number of nitrogens with zero attached hydrogens (tertiary/aromatic N) is 2. The smallest absolute Gasteiger partial charge is 0.274 e. The van der Waals surface area contributed by atoms with Crippen LogP contribution in [0.4, 0.5) is 0 Å². The van der Waals surface area contributed by atoms with E-state index in [9.17, 15) is 9.59 Å². The minimum atomic E-state index is -0.287. The summed E-state index contributed by atoms with van der Waals surface area (Å²) in [4.78, 5) is 25.0. The van der Waals surface area contributed by atoms with Crippen LogP contribution in [-0.2, 0) is 0 Å². The van der Waals surface area contributed by atoms with Crippen LogP contribution in [0.1, 0.15) is 43.1 Å². The van der Waals surface area contributed by atoms with Crippen LogP contribution in [0.15, 0.2) is 16.9 Å². The van der Waals surface area contributed by atoms with Crippen molar-refractivity contribution in [2.45, 2.75) is 38.6 Å². The van der Waals surface area contributed by atoms with Gasteiger partial charge in [-0.05, 0) is 25.8 Å². The van der Waals surface area contributed by atoms with Gasteiger partial charge < -0.3 is 4.90 Å². The first kappa shape index (κ1) is 11.8. The van der Waals surface area contributed by atoms with Crippen LogP contribution in [0, 0.1) is 0 Å². The van der Waals surface area contributed by atoms with Gasteiger partial charge in [0.25, 0.3) is 11.5 Å². The molecule has 5 nitrogen and oxygen atoms in total. The van der Waals surface area contributed by atoms with Gasteiger partial charge in [0.05, 0.1) is 0 Å². The molecule has 2 rings (SSSR count). The Balaban J connectivity index is 2.17. The lowest BCUT2D eigenvalue weighted by Gasteiger charge is -2.26. The van der Waals surface area contributed by atoms with Crippen LogP contribution in [0.3, 0.4) is 0 Å². The van der Waals surface area contributed by atoms with E-state index < -0.39 is 0 Å². The van der Waals surface area contributed by atoms with Gasteiger partial charge in [-0.1, -0.05) is 12.8 Å². The summed E-state index contributed by atoms with van der Waals surface area (Å²) >= 11 is 0. The van der Waals surface area contributed by atoms with Gasteiger partial charge in [-0.2, -0.15) is 5.10 Å². The summed E-state index contributed by atoms with van der Waals surface area (Å²) in [6.45, 7) is 2.84. The number of amides is 1. The molecule has 2 heterocycles. The number of hydrogen-bond acceptors (Lipinski definition) is 3. The van der Waals surface area contributed by atoms with E-state index in [0.717, 1.165) is 19.4 Å². The Morgan fingerprint density at radius 1 is 1.41 bits per heavy atom. The number of carbonyl (C=O) groups excluding carboxylic acids is 1. The van der Waals surface area contributed by atoms with Gasteiger partial charge >= 0.3 is 0 Å². The molecule has 1 saturated heterocycles. The number of nitrogens with one attached hydrogen (secondary N) is 1. The first-order valence-corrected chi connectivity index (χ1v) is 6.05. The summed E-state index contributed by atoms with van der Waals surface area (Å²) in [6.07, 6.45) is 4.42. The second-order valence-corrected chi connectivity index (χ2v) is 4.50. The van der Waals surface area contributed by atoms with E-state index in [0.29, 0.717) is 5.69 Å².